The zero-order chi connectivity index (χ0) is 19.2. The summed E-state index contributed by atoms with van der Waals surface area (Å²) >= 11 is 0. The average Bonchev–Trinajstić information content (AvgIpc) is 3.26. The summed E-state index contributed by atoms with van der Waals surface area (Å²) in [4.78, 5) is 14.4. The van der Waals surface area contributed by atoms with Gasteiger partial charge in [-0.25, -0.2) is 8.42 Å². The van der Waals surface area contributed by atoms with Crippen LogP contribution in [0.1, 0.15) is 60.7 Å². The first kappa shape index (κ1) is 18.9. The first-order valence-corrected chi connectivity index (χ1v) is 11.4. The number of hydrogen-bond acceptors (Lipinski definition) is 6. The van der Waals surface area contributed by atoms with E-state index in [1.807, 2.05) is 19.0 Å². The van der Waals surface area contributed by atoms with Crippen molar-refractivity contribution in [3.63, 3.8) is 0 Å². The molecule has 1 amide bonds. The third kappa shape index (κ3) is 4.05. The molecule has 2 saturated heterocycles. The van der Waals surface area contributed by atoms with Crippen LogP contribution in [0, 0.1) is 0 Å². The Labute approximate surface area is 160 Å². The number of fused-ring (bicyclic) bond motifs is 2. The van der Waals surface area contributed by atoms with Gasteiger partial charge in [-0.2, -0.15) is 4.31 Å². The van der Waals surface area contributed by atoms with Crippen LogP contribution >= 0.6 is 0 Å². The predicted octanol–water partition coefficient (Wildman–Crippen LogP) is 1.17. The quantitative estimate of drug-likeness (QED) is 0.743. The monoisotopic (exact) mass is 396 g/mol. The first-order valence-electron chi connectivity index (χ1n) is 9.77. The van der Waals surface area contributed by atoms with Gasteiger partial charge in [0.2, 0.25) is 10.0 Å². The van der Waals surface area contributed by atoms with E-state index in [0.717, 1.165) is 31.4 Å². The zero-order valence-corrected chi connectivity index (χ0v) is 16.7. The van der Waals surface area contributed by atoms with E-state index in [0.29, 0.717) is 31.0 Å². The molecule has 0 unspecified atom stereocenters. The SMILES string of the molecule is CN(C)CCS(=O)(=O)N1[C@@H]2CC[C@H]1C[C@@H](NC(=O)c1cc(C3CC3)on1)C2. The number of carbonyl (C=O) groups is 1. The van der Waals surface area contributed by atoms with Gasteiger partial charge in [0.05, 0.1) is 5.75 Å². The number of sulfonamides is 1. The molecule has 3 fully saturated rings. The molecule has 8 nitrogen and oxygen atoms in total. The molecule has 1 aliphatic carbocycles. The maximum absolute atomic E-state index is 12.8. The molecule has 1 saturated carbocycles. The van der Waals surface area contributed by atoms with E-state index in [-0.39, 0.29) is 29.8 Å². The minimum Gasteiger partial charge on any atom is -0.360 e. The van der Waals surface area contributed by atoms with Gasteiger partial charge in [0.25, 0.3) is 5.91 Å². The first-order chi connectivity index (χ1) is 12.8. The molecule has 0 spiro atoms. The number of piperidine rings is 1. The molecule has 9 heteroatoms. The molecule has 1 aromatic rings. The molecule has 27 heavy (non-hydrogen) atoms. The Kier molecular flexibility index (Phi) is 5.02. The summed E-state index contributed by atoms with van der Waals surface area (Å²) in [5, 5.41) is 6.93. The highest BCUT2D eigenvalue weighted by Gasteiger charge is 2.46. The minimum atomic E-state index is -3.27. The van der Waals surface area contributed by atoms with Crippen molar-refractivity contribution in [3.8, 4) is 0 Å². The van der Waals surface area contributed by atoms with Gasteiger partial charge in [0.1, 0.15) is 5.76 Å². The highest BCUT2D eigenvalue weighted by molar-refractivity contribution is 7.89. The second-order valence-electron chi connectivity index (χ2n) is 8.36. The van der Waals surface area contributed by atoms with Crippen LogP contribution in [-0.2, 0) is 10.0 Å². The van der Waals surface area contributed by atoms with Crippen LogP contribution < -0.4 is 5.32 Å². The number of carbonyl (C=O) groups excluding carboxylic acids is 1. The smallest absolute Gasteiger partial charge is 0.273 e. The Morgan fingerprint density at radius 3 is 2.52 bits per heavy atom. The fraction of sp³-hybridized carbons (Fsp3) is 0.778. The number of rotatable bonds is 7. The molecule has 150 valence electrons. The molecule has 1 N–H and O–H groups in total. The molecule has 2 bridgehead atoms. The summed E-state index contributed by atoms with van der Waals surface area (Å²) < 4.78 is 32.5. The van der Waals surface area contributed by atoms with Gasteiger partial charge in [-0.3, -0.25) is 4.79 Å². The normalized spacial score (nSPS) is 28.6. The predicted molar refractivity (Wildman–Crippen MR) is 100.0 cm³/mol. The fourth-order valence-electron chi connectivity index (χ4n) is 4.33. The van der Waals surface area contributed by atoms with Crippen LogP contribution in [0.25, 0.3) is 0 Å². The van der Waals surface area contributed by atoms with Crippen LogP contribution in [0.3, 0.4) is 0 Å². The van der Waals surface area contributed by atoms with Gasteiger partial charge < -0.3 is 14.7 Å². The van der Waals surface area contributed by atoms with Crippen molar-refractivity contribution in [2.24, 2.45) is 0 Å². The lowest BCUT2D eigenvalue weighted by molar-refractivity contribution is 0.0900. The second kappa shape index (κ2) is 7.18. The Hall–Kier alpha value is -1.45. The zero-order valence-electron chi connectivity index (χ0n) is 15.9. The Bertz CT molecular complexity index is 788. The van der Waals surface area contributed by atoms with E-state index in [1.165, 1.54) is 0 Å². The van der Waals surface area contributed by atoms with Gasteiger partial charge in [0, 0.05) is 36.7 Å². The number of nitrogens with one attached hydrogen (secondary N) is 1. The summed E-state index contributed by atoms with van der Waals surface area (Å²) in [6, 6.07) is 1.69. The lowest BCUT2D eigenvalue weighted by Gasteiger charge is -2.38. The maximum atomic E-state index is 12.8. The lowest BCUT2D eigenvalue weighted by Crippen LogP contribution is -2.53. The fourth-order valence-corrected chi connectivity index (χ4v) is 6.42. The molecule has 4 rings (SSSR count). The number of amides is 1. The van der Waals surface area contributed by atoms with Crippen molar-refractivity contribution in [1.29, 1.82) is 0 Å². The van der Waals surface area contributed by atoms with E-state index in [2.05, 4.69) is 10.5 Å². The molecule has 3 heterocycles. The average molecular weight is 397 g/mol. The third-order valence-electron chi connectivity index (χ3n) is 5.86. The van der Waals surface area contributed by atoms with Crippen LogP contribution in [0.2, 0.25) is 0 Å². The Morgan fingerprint density at radius 1 is 1.26 bits per heavy atom. The minimum absolute atomic E-state index is 0.0134. The van der Waals surface area contributed by atoms with E-state index in [4.69, 9.17) is 4.52 Å². The van der Waals surface area contributed by atoms with Gasteiger partial charge in [-0.15, -0.1) is 0 Å². The summed E-state index contributed by atoms with van der Waals surface area (Å²) in [5.74, 6) is 1.14. The van der Waals surface area contributed by atoms with Gasteiger partial charge >= 0.3 is 0 Å². The molecular weight excluding hydrogens is 368 g/mol. The molecule has 3 atom stereocenters. The van der Waals surface area contributed by atoms with E-state index in [1.54, 1.807) is 10.4 Å². The Morgan fingerprint density at radius 2 is 1.93 bits per heavy atom. The van der Waals surface area contributed by atoms with Crippen LogP contribution in [0.5, 0.6) is 0 Å². The van der Waals surface area contributed by atoms with Crippen molar-refractivity contribution in [2.45, 2.75) is 62.6 Å². The third-order valence-corrected chi connectivity index (χ3v) is 7.80. The highest BCUT2D eigenvalue weighted by Crippen LogP contribution is 2.40. The van der Waals surface area contributed by atoms with E-state index in [9.17, 15) is 13.2 Å². The summed E-state index contributed by atoms with van der Waals surface area (Å²) in [5.41, 5.74) is 0.324. The van der Waals surface area contributed by atoms with Crippen molar-refractivity contribution < 1.29 is 17.7 Å². The number of nitrogens with zero attached hydrogens (tertiary/aromatic N) is 3. The summed E-state index contributed by atoms with van der Waals surface area (Å²) in [6.45, 7) is 0.522. The van der Waals surface area contributed by atoms with Crippen LogP contribution in [0.4, 0.5) is 0 Å². The summed E-state index contributed by atoms with van der Waals surface area (Å²) in [7, 11) is 0.493. The highest BCUT2D eigenvalue weighted by atomic mass is 32.2. The second-order valence-corrected chi connectivity index (χ2v) is 10.4. The summed E-state index contributed by atoms with van der Waals surface area (Å²) in [6.07, 6.45) is 5.26. The van der Waals surface area contributed by atoms with Crippen LogP contribution in [0.15, 0.2) is 10.6 Å². The van der Waals surface area contributed by atoms with E-state index >= 15 is 0 Å². The molecule has 0 radical (unpaired) electrons. The topological polar surface area (TPSA) is 95.8 Å². The van der Waals surface area contributed by atoms with Crippen molar-refractivity contribution >= 4 is 15.9 Å². The largest absolute Gasteiger partial charge is 0.360 e. The maximum Gasteiger partial charge on any atom is 0.273 e. The van der Waals surface area contributed by atoms with E-state index < -0.39 is 10.0 Å². The molecule has 2 aliphatic heterocycles. The van der Waals surface area contributed by atoms with Gasteiger partial charge in [0.15, 0.2) is 5.69 Å². The molecule has 1 aromatic heterocycles. The van der Waals surface area contributed by atoms with Crippen molar-refractivity contribution in [3.05, 3.63) is 17.5 Å². The molecular formula is C18H28N4O4S. The Balaban J connectivity index is 1.37. The van der Waals surface area contributed by atoms with Gasteiger partial charge in [-0.05, 0) is 52.6 Å². The van der Waals surface area contributed by atoms with Crippen LogP contribution in [-0.4, -0.2) is 73.2 Å². The molecule has 0 aromatic carbocycles. The number of hydrogen-bond donors (Lipinski definition) is 1. The number of aromatic nitrogens is 1. The molecule has 3 aliphatic rings. The standard InChI is InChI=1S/C18H28N4O4S/c1-21(2)7-8-27(24,25)22-14-5-6-15(22)10-13(9-14)19-18(23)16-11-17(26-20-16)12-3-4-12/h11-15H,3-10H2,1-2H3,(H,19,23)/t13-,14+,15-. The van der Waals surface area contributed by atoms with Crippen molar-refractivity contribution in [2.75, 3.05) is 26.4 Å². The van der Waals surface area contributed by atoms with Crippen molar-refractivity contribution in [1.82, 2.24) is 19.7 Å². The van der Waals surface area contributed by atoms with Gasteiger partial charge in [-0.1, -0.05) is 5.16 Å². The lowest BCUT2D eigenvalue weighted by atomic mass is 9.99.